The van der Waals surface area contributed by atoms with Crippen LogP contribution in [0.2, 0.25) is 5.02 Å². The van der Waals surface area contributed by atoms with Gasteiger partial charge in [-0.1, -0.05) is 35.9 Å². The number of amides is 2. The molecule has 0 radical (unpaired) electrons. The maximum atomic E-state index is 12.8. The lowest BCUT2D eigenvalue weighted by Gasteiger charge is -2.19. The maximum absolute atomic E-state index is 12.8. The zero-order valence-corrected chi connectivity index (χ0v) is 15.4. The fourth-order valence-electron chi connectivity index (χ4n) is 3.09. The van der Waals surface area contributed by atoms with Crippen LogP contribution in [0.1, 0.15) is 34.3 Å². The molecule has 1 heterocycles. The molecule has 0 unspecified atom stereocenters. The lowest BCUT2D eigenvalue weighted by molar-refractivity contribution is -0.111. The van der Waals surface area contributed by atoms with Crippen molar-refractivity contribution in [2.24, 2.45) is 0 Å². The summed E-state index contributed by atoms with van der Waals surface area (Å²) in [6.45, 7) is 3.44. The van der Waals surface area contributed by atoms with E-state index < -0.39 is 0 Å². The Balaban J connectivity index is 1.78. The number of benzene rings is 2. The zero-order valence-electron chi connectivity index (χ0n) is 14.7. The number of rotatable bonds is 4. The number of hydrogen-bond donors (Lipinski definition) is 1. The molecule has 0 bridgehead atoms. The van der Waals surface area contributed by atoms with Crippen molar-refractivity contribution >= 4 is 35.2 Å². The quantitative estimate of drug-likeness (QED) is 0.805. The van der Waals surface area contributed by atoms with E-state index in [1.807, 2.05) is 36.1 Å². The SMILES string of the molecule is Cc1cccc(NC(=O)/C=C/c2cccc(Cl)c2)c1C(=O)N1CCCC1. The van der Waals surface area contributed by atoms with E-state index in [9.17, 15) is 9.59 Å². The van der Waals surface area contributed by atoms with Crippen molar-refractivity contribution in [1.82, 2.24) is 4.90 Å². The van der Waals surface area contributed by atoms with Gasteiger partial charge in [0.1, 0.15) is 0 Å². The Morgan fingerprint density at radius 1 is 1.12 bits per heavy atom. The van der Waals surface area contributed by atoms with Gasteiger partial charge in [-0.3, -0.25) is 9.59 Å². The van der Waals surface area contributed by atoms with Crippen LogP contribution in [0.5, 0.6) is 0 Å². The molecule has 2 amide bonds. The number of anilines is 1. The highest BCUT2D eigenvalue weighted by Crippen LogP contribution is 2.23. The van der Waals surface area contributed by atoms with Gasteiger partial charge in [0.15, 0.2) is 0 Å². The molecule has 0 aromatic heterocycles. The predicted molar refractivity (Wildman–Crippen MR) is 105 cm³/mol. The van der Waals surface area contributed by atoms with Crippen LogP contribution in [0.25, 0.3) is 6.08 Å². The minimum absolute atomic E-state index is 0.0188. The first-order valence-corrected chi connectivity index (χ1v) is 9.06. The van der Waals surface area contributed by atoms with Crippen LogP contribution in [-0.4, -0.2) is 29.8 Å². The molecule has 1 saturated heterocycles. The van der Waals surface area contributed by atoms with Gasteiger partial charge in [0.05, 0.1) is 11.3 Å². The van der Waals surface area contributed by atoms with Gasteiger partial charge in [-0.2, -0.15) is 0 Å². The molecule has 1 fully saturated rings. The van der Waals surface area contributed by atoms with Crippen molar-refractivity contribution in [2.45, 2.75) is 19.8 Å². The molecule has 2 aromatic rings. The molecule has 134 valence electrons. The van der Waals surface area contributed by atoms with E-state index in [1.54, 1.807) is 24.3 Å². The molecule has 0 saturated carbocycles. The molecule has 3 rings (SSSR count). The highest BCUT2D eigenvalue weighted by molar-refractivity contribution is 6.30. The normalized spacial score (nSPS) is 14.0. The molecule has 2 aromatic carbocycles. The van der Waals surface area contributed by atoms with Gasteiger partial charge in [-0.05, 0) is 55.2 Å². The van der Waals surface area contributed by atoms with E-state index in [4.69, 9.17) is 11.6 Å². The Bertz CT molecular complexity index is 855. The lowest BCUT2D eigenvalue weighted by atomic mass is 10.0. The zero-order chi connectivity index (χ0) is 18.5. The van der Waals surface area contributed by atoms with E-state index in [2.05, 4.69) is 5.32 Å². The van der Waals surface area contributed by atoms with Gasteiger partial charge < -0.3 is 10.2 Å². The standard InChI is InChI=1S/C21H21ClN2O2/c1-15-6-4-9-18(20(15)21(26)24-12-2-3-13-24)23-19(25)11-10-16-7-5-8-17(22)14-16/h4-11,14H,2-3,12-13H2,1H3,(H,23,25)/b11-10+. The fraction of sp³-hybridized carbons (Fsp3) is 0.238. The van der Waals surface area contributed by atoms with Gasteiger partial charge in [0.2, 0.25) is 5.91 Å². The van der Waals surface area contributed by atoms with E-state index in [0.29, 0.717) is 16.3 Å². The van der Waals surface area contributed by atoms with Gasteiger partial charge in [0.25, 0.3) is 5.91 Å². The molecule has 26 heavy (non-hydrogen) atoms. The van der Waals surface area contributed by atoms with E-state index in [1.165, 1.54) is 6.08 Å². The summed E-state index contributed by atoms with van der Waals surface area (Å²) in [4.78, 5) is 27.0. The molecule has 0 atom stereocenters. The molecule has 1 aliphatic heterocycles. The molecular weight excluding hydrogens is 348 g/mol. The monoisotopic (exact) mass is 368 g/mol. The van der Waals surface area contributed by atoms with Crippen molar-refractivity contribution < 1.29 is 9.59 Å². The predicted octanol–water partition coefficient (Wildman–Crippen LogP) is 4.54. The highest BCUT2D eigenvalue weighted by Gasteiger charge is 2.23. The Kier molecular flexibility index (Phi) is 5.74. The third kappa shape index (κ3) is 4.33. The smallest absolute Gasteiger partial charge is 0.256 e. The van der Waals surface area contributed by atoms with E-state index in [0.717, 1.165) is 37.1 Å². The van der Waals surface area contributed by atoms with E-state index in [-0.39, 0.29) is 11.8 Å². The second-order valence-corrected chi connectivity index (χ2v) is 6.81. The fourth-order valence-corrected chi connectivity index (χ4v) is 3.29. The number of carbonyl (C=O) groups excluding carboxylic acids is 2. The first-order valence-electron chi connectivity index (χ1n) is 8.68. The average Bonchev–Trinajstić information content (AvgIpc) is 3.14. The van der Waals surface area contributed by atoms with Crippen molar-refractivity contribution in [3.63, 3.8) is 0 Å². The summed E-state index contributed by atoms with van der Waals surface area (Å²) >= 11 is 5.95. The van der Waals surface area contributed by atoms with Crippen LogP contribution >= 0.6 is 11.6 Å². The van der Waals surface area contributed by atoms with Crippen LogP contribution < -0.4 is 5.32 Å². The number of aryl methyl sites for hydroxylation is 1. The molecular formula is C21H21ClN2O2. The number of nitrogens with zero attached hydrogens (tertiary/aromatic N) is 1. The first kappa shape index (κ1) is 18.2. The number of hydrogen-bond acceptors (Lipinski definition) is 2. The summed E-state index contributed by atoms with van der Waals surface area (Å²) in [6.07, 6.45) is 5.19. The topological polar surface area (TPSA) is 49.4 Å². The summed E-state index contributed by atoms with van der Waals surface area (Å²) in [7, 11) is 0. The van der Waals surface area contributed by atoms with Crippen LogP contribution in [0, 0.1) is 6.92 Å². The van der Waals surface area contributed by atoms with Gasteiger partial charge >= 0.3 is 0 Å². The molecule has 0 spiro atoms. The van der Waals surface area contributed by atoms with Gasteiger partial charge in [-0.15, -0.1) is 0 Å². The maximum Gasteiger partial charge on any atom is 0.256 e. The van der Waals surface area contributed by atoms with Crippen LogP contribution in [0.3, 0.4) is 0 Å². The van der Waals surface area contributed by atoms with Crippen molar-refractivity contribution in [3.05, 3.63) is 70.3 Å². The molecule has 0 aliphatic carbocycles. The number of halogens is 1. The van der Waals surface area contributed by atoms with Crippen molar-refractivity contribution in [2.75, 3.05) is 18.4 Å². The Morgan fingerprint density at radius 3 is 2.58 bits per heavy atom. The third-order valence-electron chi connectivity index (χ3n) is 4.41. The third-order valence-corrected chi connectivity index (χ3v) is 4.65. The summed E-state index contributed by atoms with van der Waals surface area (Å²) in [5, 5.41) is 3.45. The summed E-state index contributed by atoms with van der Waals surface area (Å²) < 4.78 is 0. The molecule has 5 heteroatoms. The molecule has 1 aliphatic rings. The lowest BCUT2D eigenvalue weighted by Crippen LogP contribution is -2.29. The Labute approximate surface area is 158 Å². The largest absolute Gasteiger partial charge is 0.339 e. The molecule has 4 nitrogen and oxygen atoms in total. The summed E-state index contributed by atoms with van der Waals surface area (Å²) in [6, 6.07) is 12.7. The number of nitrogens with one attached hydrogen (secondary N) is 1. The van der Waals surface area contributed by atoms with Crippen LogP contribution in [0.4, 0.5) is 5.69 Å². The molecule has 1 N–H and O–H groups in total. The minimum atomic E-state index is -0.286. The second-order valence-electron chi connectivity index (χ2n) is 6.37. The number of carbonyl (C=O) groups is 2. The van der Waals surface area contributed by atoms with Crippen molar-refractivity contribution in [3.8, 4) is 0 Å². The van der Waals surface area contributed by atoms with E-state index >= 15 is 0 Å². The van der Waals surface area contributed by atoms with Gasteiger partial charge in [0, 0.05) is 24.2 Å². The Hall–Kier alpha value is -2.59. The summed E-state index contributed by atoms with van der Waals surface area (Å²) in [5.74, 6) is -0.305. The number of likely N-dealkylation sites (tertiary alicyclic amines) is 1. The average molecular weight is 369 g/mol. The minimum Gasteiger partial charge on any atom is -0.339 e. The second kappa shape index (κ2) is 8.19. The van der Waals surface area contributed by atoms with Crippen LogP contribution in [-0.2, 0) is 4.79 Å². The summed E-state index contributed by atoms with van der Waals surface area (Å²) in [5.41, 5.74) is 2.81. The first-order chi connectivity index (χ1) is 12.5. The van der Waals surface area contributed by atoms with Crippen molar-refractivity contribution in [1.29, 1.82) is 0 Å². The van der Waals surface area contributed by atoms with Crippen LogP contribution in [0.15, 0.2) is 48.5 Å². The Morgan fingerprint density at radius 2 is 1.85 bits per heavy atom. The highest BCUT2D eigenvalue weighted by atomic mass is 35.5. The van der Waals surface area contributed by atoms with Gasteiger partial charge in [-0.25, -0.2) is 0 Å².